The Kier molecular flexibility index (Phi) is 3.43. The SMILES string of the molecule is CCC(C)c1c(O)cc(C)c(Cl)c1C. The number of aromatic hydroxyl groups is 1. The topological polar surface area (TPSA) is 20.2 Å². The van der Waals surface area contributed by atoms with E-state index >= 15 is 0 Å². The van der Waals surface area contributed by atoms with Crippen LogP contribution in [-0.4, -0.2) is 5.11 Å². The lowest BCUT2D eigenvalue weighted by atomic mass is 9.92. The molecule has 0 spiro atoms. The highest BCUT2D eigenvalue weighted by atomic mass is 35.5. The van der Waals surface area contributed by atoms with Gasteiger partial charge < -0.3 is 5.11 Å². The predicted octanol–water partition coefficient (Wildman–Crippen LogP) is 4.18. The lowest BCUT2D eigenvalue weighted by molar-refractivity contribution is 0.460. The van der Waals surface area contributed by atoms with Gasteiger partial charge in [-0.25, -0.2) is 0 Å². The lowest BCUT2D eigenvalue weighted by Gasteiger charge is -2.17. The average Bonchev–Trinajstić information content (AvgIpc) is 2.14. The zero-order valence-electron chi connectivity index (χ0n) is 9.19. The fraction of sp³-hybridized carbons (Fsp3) is 0.500. The minimum atomic E-state index is 0.355. The monoisotopic (exact) mass is 212 g/mol. The quantitative estimate of drug-likeness (QED) is 0.780. The van der Waals surface area contributed by atoms with Crippen LogP contribution >= 0.6 is 11.6 Å². The number of phenolic OH excluding ortho intramolecular Hbond substituents is 1. The summed E-state index contributed by atoms with van der Waals surface area (Å²) in [5, 5.41) is 10.6. The molecule has 0 saturated heterocycles. The molecule has 0 bridgehead atoms. The first-order valence-corrected chi connectivity index (χ1v) is 5.35. The van der Waals surface area contributed by atoms with Gasteiger partial charge in [-0.3, -0.25) is 0 Å². The lowest BCUT2D eigenvalue weighted by Crippen LogP contribution is -1.98. The van der Waals surface area contributed by atoms with Crippen molar-refractivity contribution in [2.45, 2.75) is 40.0 Å². The van der Waals surface area contributed by atoms with E-state index in [0.717, 1.165) is 28.1 Å². The minimum absolute atomic E-state index is 0.355. The number of rotatable bonds is 2. The number of hydrogen-bond donors (Lipinski definition) is 1. The molecule has 1 N–H and O–H groups in total. The highest BCUT2D eigenvalue weighted by molar-refractivity contribution is 6.32. The van der Waals surface area contributed by atoms with Crippen molar-refractivity contribution >= 4 is 11.6 Å². The molecule has 1 aromatic rings. The molecule has 14 heavy (non-hydrogen) atoms. The molecule has 1 atom stereocenters. The minimum Gasteiger partial charge on any atom is -0.508 e. The fourth-order valence-electron chi connectivity index (χ4n) is 1.78. The molecule has 1 unspecified atom stereocenters. The van der Waals surface area contributed by atoms with E-state index in [4.69, 9.17) is 11.6 Å². The zero-order chi connectivity index (χ0) is 10.9. The second-order valence-corrected chi connectivity index (χ2v) is 4.25. The fourth-order valence-corrected chi connectivity index (χ4v) is 1.93. The molecule has 0 aromatic heterocycles. The van der Waals surface area contributed by atoms with Crippen molar-refractivity contribution in [2.24, 2.45) is 0 Å². The van der Waals surface area contributed by atoms with E-state index in [1.807, 2.05) is 13.8 Å². The summed E-state index contributed by atoms with van der Waals surface area (Å²) in [4.78, 5) is 0. The first-order valence-electron chi connectivity index (χ1n) is 4.97. The molecule has 78 valence electrons. The van der Waals surface area contributed by atoms with Crippen molar-refractivity contribution < 1.29 is 5.11 Å². The van der Waals surface area contributed by atoms with E-state index in [1.165, 1.54) is 0 Å². The Bertz CT molecular complexity index is 345. The van der Waals surface area contributed by atoms with Crippen LogP contribution in [0.3, 0.4) is 0 Å². The van der Waals surface area contributed by atoms with Crippen LogP contribution in [0.5, 0.6) is 5.75 Å². The van der Waals surface area contributed by atoms with Crippen LogP contribution in [0.25, 0.3) is 0 Å². The van der Waals surface area contributed by atoms with Gasteiger partial charge in [-0.1, -0.05) is 25.4 Å². The number of phenols is 1. The van der Waals surface area contributed by atoms with E-state index in [2.05, 4.69) is 13.8 Å². The zero-order valence-corrected chi connectivity index (χ0v) is 9.94. The molecular weight excluding hydrogens is 196 g/mol. The third-order valence-corrected chi connectivity index (χ3v) is 3.40. The van der Waals surface area contributed by atoms with Crippen LogP contribution in [0.1, 0.15) is 42.9 Å². The summed E-state index contributed by atoms with van der Waals surface area (Å²) in [6.45, 7) is 8.09. The Labute approximate surface area is 90.7 Å². The maximum Gasteiger partial charge on any atom is 0.119 e. The number of hydrogen-bond acceptors (Lipinski definition) is 1. The van der Waals surface area contributed by atoms with Crippen molar-refractivity contribution in [1.29, 1.82) is 0 Å². The van der Waals surface area contributed by atoms with E-state index in [-0.39, 0.29) is 0 Å². The average molecular weight is 213 g/mol. The molecular formula is C12H17ClO. The highest BCUT2D eigenvalue weighted by Crippen LogP contribution is 2.36. The number of benzene rings is 1. The third kappa shape index (κ3) is 1.88. The summed E-state index contributed by atoms with van der Waals surface area (Å²) in [6, 6.07) is 1.75. The summed E-state index contributed by atoms with van der Waals surface area (Å²) in [5.74, 6) is 0.729. The molecule has 0 saturated carbocycles. The van der Waals surface area contributed by atoms with Gasteiger partial charge in [-0.15, -0.1) is 0 Å². The summed E-state index contributed by atoms with van der Waals surface area (Å²) in [5.41, 5.74) is 2.94. The van der Waals surface area contributed by atoms with Crippen LogP contribution in [-0.2, 0) is 0 Å². The molecule has 1 aromatic carbocycles. The maximum atomic E-state index is 9.84. The Morgan fingerprint density at radius 3 is 2.50 bits per heavy atom. The number of aryl methyl sites for hydroxylation is 1. The summed E-state index contributed by atoms with van der Waals surface area (Å²) in [7, 11) is 0. The van der Waals surface area contributed by atoms with Crippen LogP contribution in [0.2, 0.25) is 5.02 Å². The van der Waals surface area contributed by atoms with Crippen molar-refractivity contribution in [2.75, 3.05) is 0 Å². The Morgan fingerprint density at radius 1 is 1.43 bits per heavy atom. The largest absolute Gasteiger partial charge is 0.508 e. The first kappa shape index (κ1) is 11.4. The van der Waals surface area contributed by atoms with E-state index in [0.29, 0.717) is 11.7 Å². The second kappa shape index (κ2) is 4.22. The van der Waals surface area contributed by atoms with Gasteiger partial charge in [0.05, 0.1) is 0 Å². The summed E-state index contributed by atoms with van der Waals surface area (Å²) in [6.07, 6.45) is 1.01. The molecule has 1 rings (SSSR count). The van der Waals surface area contributed by atoms with Gasteiger partial charge in [0.2, 0.25) is 0 Å². The molecule has 0 aliphatic carbocycles. The van der Waals surface area contributed by atoms with Crippen molar-refractivity contribution in [3.05, 3.63) is 27.8 Å². The van der Waals surface area contributed by atoms with Crippen LogP contribution in [0.15, 0.2) is 6.07 Å². The van der Waals surface area contributed by atoms with Crippen molar-refractivity contribution in [3.8, 4) is 5.75 Å². The molecule has 0 radical (unpaired) electrons. The molecule has 0 amide bonds. The van der Waals surface area contributed by atoms with E-state index < -0.39 is 0 Å². The van der Waals surface area contributed by atoms with Crippen molar-refractivity contribution in [1.82, 2.24) is 0 Å². The maximum absolute atomic E-state index is 9.84. The van der Waals surface area contributed by atoms with Gasteiger partial charge in [0.25, 0.3) is 0 Å². The van der Waals surface area contributed by atoms with E-state index in [9.17, 15) is 5.11 Å². The molecule has 0 heterocycles. The molecule has 0 fully saturated rings. The van der Waals surface area contributed by atoms with Gasteiger partial charge in [0.15, 0.2) is 0 Å². The smallest absolute Gasteiger partial charge is 0.119 e. The van der Waals surface area contributed by atoms with Crippen molar-refractivity contribution in [3.63, 3.8) is 0 Å². The van der Waals surface area contributed by atoms with Gasteiger partial charge in [0, 0.05) is 10.6 Å². The standard InChI is InChI=1S/C12H17ClO/c1-5-7(2)11-9(4)12(13)8(3)6-10(11)14/h6-7,14H,5H2,1-4H3. The summed E-state index contributed by atoms with van der Waals surface area (Å²) >= 11 is 6.14. The van der Waals surface area contributed by atoms with Gasteiger partial charge >= 0.3 is 0 Å². The molecule has 2 heteroatoms. The normalized spacial score (nSPS) is 12.9. The van der Waals surface area contributed by atoms with Crippen LogP contribution in [0, 0.1) is 13.8 Å². The van der Waals surface area contributed by atoms with Crippen LogP contribution in [0.4, 0.5) is 0 Å². The van der Waals surface area contributed by atoms with Crippen LogP contribution < -0.4 is 0 Å². The highest BCUT2D eigenvalue weighted by Gasteiger charge is 2.15. The van der Waals surface area contributed by atoms with Gasteiger partial charge in [0.1, 0.15) is 5.75 Å². The third-order valence-electron chi connectivity index (χ3n) is 2.81. The van der Waals surface area contributed by atoms with E-state index in [1.54, 1.807) is 6.07 Å². The first-order chi connectivity index (χ1) is 6.49. The second-order valence-electron chi connectivity index (χ2n) is 3.87. The Hall–Kier alpha value is -0.690. The summed E-state index contributed by atoms with van der Waals surface area (Å²) < 4.78 is 0. The molecule has 0 aliphatic heterocycles. The molecule has 1 nitrogen and oxygen atoms in total. The van der Waals surface area contributed by atoms with Gasteiger partial charge in [-0.05, 0) is 43.4 Å². The van der Waals surface area contributed by atoms with Gasteiger partial charge in [-0.2, -0.15) is 0 Å². The predicted molar refractivity (Wildman–Crippen MR) is 61.3 cm³/mol. The molecule has 0 aliphatic rings. The number of halogens is 1. The Morgan fingerprint density at radius 2 is 2.00 bits per heavy atom. The Balaban J connectivity index is 3.36.